The van der Waals surface area contributed by atoms with Crippen molar-refractivity contribution in [2.75, 3.05) is 39.6 Å². The third-order valence-corrected chi connectivity index (χ3v) is 8.90. The number of aliphatic hydroxyl groups excluding tert-OH is 2. The number of esters is 2. The number of benzene rings is 3. The van der Waals surface area contributed by atoms with Gasteiger partial charge in [0, 0.05) is 22.1 Å². The first-order valence-corrected chi connectivity index (χ1v) is 18.0. The summed E-state index contributed by atoms with van der Waals surface area (Å²) in [4.78, 5) is 24.0. The molecular formula is C43H56O8. The van der Waals surface area contributed by atoms with E-state index >= 15 is 0 Å². The van der Waals surface area contributed by atoms with Gasteiger partial charge in [0.2, 0.25) is 0 Å². The average Bonchev–Trinajstić information content (AvgIpc) is 3.14. The fourth-order valence-electron chi connectivity index (χ4n) is 5.50. The molecule has 0 atom stereocenters. The minimum absolute atomic E-state index is 0.0318. The fraction of sp³-hybridized carbons (Fsp3) is 0.442. The molecule has 0 saturated heterocycles. The molecule has 0 bridgehead atoms. The van der Waals surface area contributed by atoms with Gasteiger partial charge in [-0.2, -0.15) is 0 Å². The highest BCUT2D eigenvalue weighted by Gasteiger charge is 2.24. The molecule has 8 heteroatoms. The SMILES string of the molecule is C=C(C)C(=O)OCCOc1cc(-c2ccc(-c3ccc(CCCCC)cc3)cc2CC)c(OCCOC(=O)C(=C)C)cc1CCC(C)(CO)CO. The van der Waals surface area contributed by atoms with Crippen molar-refractivity contribution in [1.82, 2.24) is 0 Å². The van der Waals surface area contributed by atoms with E-state index in [1.54, 1.807) is 13.8 Å². The van der Waals surface area contributed by atoms with Crippen LogP contribution < -0.4 is 9.47 Å². The third kappa shape index (κ3) is 12.4. The number of unbranched alkanes of at least 4 members (excludes halogenated alkanes) is 2. The van der Waals surface area contributed by atoms with Crippen molar-refractivity contribution in [3.8, 4) is 33.8 Å². The molecular weight excluding hydrogens is 644 g/mol. The third-order valence-electron chi connectivity index (χ3n) is 8.90. The van der Waals surface area contributed by atoms with Gasteiger partial charge in [-0.25, -0.2) is 9.59 Å². The lowest BCUT2D eigenvalue weighted by molar-refractivity contribution is -0.140. The standard InChI is InChI=1S/C43H56O8/c1-8-10-11-12-32-13-15-34(16-14-32)35-17-18-37(33(9-2)25-35)38-27-39(48-21-23-50-41(46)30(3)4)36(19-20-43(7,28-44)29-45)26-40(38)49-22-24-51-42(47)31(5)6/h13-18,25-27,44-45H,3,5,8-12,19-24,28-29H2,1-2,4,6-7H3. The van der Waals surface area contributed by atoms with E-state index in [9.17, 15) is 19.8 Å². The number of rotatable bonds is 22. The highest BCUT2D eigenvalue weighted by Crippen LogP contribution is 2.41. The average molecular weight is 701 g/mol. The van der Waals surface area contributed by atoms with Gasteiger partial charge in [0.05, 0.1) is 13.2 Å². The van der Waals surface area contributed by atoms with Crippen molar-refractivity contribution in [2.24, 2.45) is 5.41 Å². The topological polar surface area (TPSA) is 112 Å². The maximum Gasteiger partial charge on any atom is 0.333 e. The van der Waals surface area contributed by atoms with Crippen LogP contribution in [0.1, 0.15) is 77.0 Å². The van der Waals surface area contributed by atoms with Crippen LogP contribution in [0.15, 0.2) is 78.9 Å². The van der Waals surface area contributed by atoms with Gasteiger partial charge in [-0.05, 0) is 91.5 Å². The highest BCUT2D eigenvalue weighted by atomic mass is 16.6. The van der Waals surface area contributed by atoms with Gasteiger partial charge in [0.25, 0.3) is 0 Å². The monoisotopic (exact) mass is 700 g/mol. The Morgan fingerprint density at radius 3 is 1.82 bits per heavy atom. The molecule has 0 spiro atoms. The Morgan fingerprint density at radius 1 is 0.686 bits per heavy atom. The summed E-state index contributed by atoms with van der Waals surface area (Å²) in [6.45, 7) is 16.5. The zero-order valence-corrected chi connectivity index (χ0v) is 31.1. The lowest BCUT2D eigenvalue weighted by atomic mass is 9.85. The zero-order valence-electron chi connectivity index (χ0n) is 31.1. The lowest BCUT2D eigenvalue weighted by Crippen LogP contribution is -2.26. The van der Waals surface area contributed by atoms with Gasteiger partial charge in [-0.15, -0.1) is 0 Å². The molecule has 8 nitrogen and oxygen atoms in total. The molecule has 0 aliphatic heterocycles. The Balaban J connectivity index is 2.05. The van der Waals surface area contributed by atoms with Crippen LogP contribution in [0.25, 0.3) is 22.3 Å². The Kier molecular flexibility index (Phi) is 16.4. The van der Waals surface area contributed by atoms with Crippen LogP contribution in [-0.4, -0.2) is 61.8 Å². The molecule has 2 N–H and O–H groups in total. The first-order chi connectivity index (χ1) is 24.4. The maximum atomic E-state index is 12.0. The molecule has 0 radical (unpaired) electrons. The zero-order chi connectivity index (χ0) is 37.4. The van der Waals surface area contributed by atoms with E-state index in [1.165, 1.54) is 24.8 Å². The van der Waals surface area contributed by atoms with Gasteiger partial charge in [-0.1, -0.05) is 89.2 Å². The highest BCUT2D eigenvalue weighted by molar-refractivity contribution is 5.87. The number of aliphatic hydroxyl groups is 2. The van der Waals surface area contributed by atoms with Crippen LogP contribution in [0.2, 0.25) is 0 Å². The van der Waals surface area contributed by atoms with E-state index < -0.39 is 17.4 Å². The number of carbonyl (C=O) groups is 2. The molecule has 0 unspecified atom stereocenters. The second-order valence-corrected chi connectivity index (χ2v) is 13.5. The van der Waals surface area contributed by atoms with Crippen LogP contribution in [0, 0.1) is 5.41 Å². The molecule has 0 aromatic heterocycles. The molecule has 0 amide bonds. The van der Waals surface area contributed by atoms with Gasteiger partial charge in [0.1, 0.15) is 37.9 Å². The summed E-state index contributed by atoms with van der Waals surface area (Å²) in [5.41, 5.74) is 7.17. The van der Waals surface area contributed by atoms with Crippen LogP contribution in [0.4, 0.5) is 0 Å². The molecule has 3 aromatic carbocycles. The van der Waals surface area contributed by atoms with Crippen LogP contribution in [0.5, 0.6) is 11.5 Å². The first kappa shape index (κ1) is 41.0. The minimum atomic E-state index is -0.705. The lowest BCUT2D eigenvalue weighted by Gasteiger charge is -2.25. The molecule has 0 aliphatic carbocycles. The summed E-state index contributed by atoms with van der Waals surface area (Å²) in [6, 6.07) is 19.0. The Labute approximate surface area is 304 Å². The minimum Gasteiger partial charge on any atom is -0.490 e. The molecule has 0 heterocycles. The van der Waals surface area contributed by atoms with Crippen molar-refractivity contribution in [1.29, 1.82) is 0 Å². The van der Waals surface area contributed by atoms with Crippen molar-refractivity contribution >= 4 is 11.9 Å². The molecule has 0 aliphatic rings. The Hall–Kier alpha value is -4.40. The fourth-order valence-corrected chi connectivity index (χ4v) is 5.50. The summed E-state index contributed by atoms with van der Waals surface area (Å²) in [5.74, 6) is 0.170. The number of hydrogen-bond donors (Lipinski definition) is 2. The number of carbonyl (C=O) groups excluding carboxylic acids is 2. The molecule has 3 aromatic rings. The van der Waals surface area contributed by atoms with E-state index in [0.29, 0.717) is 35.5 Å². The quantitative estimate of drug-likeness (QED) is 0.0613. The van der Waals surface area contributed by atoms with Crippen molar-refractivity contribution < 1.29 is 38.7 Å². The normalized spacial score (nSPS) is 11.2. The summed E-state index contributed by atoms with van der Waals surface area (Å²) >= 11 is 0. The van der Waals surface area contributed by atoms with Crippen LogP contribution in [0.3, 0.4) is 0 Å². The van der Waals surface area contributed by atoms with Gasteiger partial charge in [0.15, 0.2) is 0 Å². The van der Waals surface area contributed by atoms with Crippen molar-refractivity contribution in [2.45, 2.75) is 79.6 Å². The number of aryl methyl sites for hydroxylation is 3. The predicted octanol–water partition coefficient (Wildman–Crippen LogP) is 8.24. The predicted molar refractivity (Wildman–Crippen MR) is 203 cm³/mol. The molecule has 3 rings (SSSR count). The Bertz CT molecular complexity index is 1620. The van der Waals surface area contributed by atoms with Crippen molar-refractivity contribution in [3.05, 3.63) is 95.6 Å². The van der Waals surface area contributed by atoms with E-state index in [-0.39, 0.29) is 39.6 Å². The smallest absolute Gasteiger partial charge is 0.333 e. The molecule has 276 valence electrons. The maximum absolute atomic E-state index is 12.0. The molecule has 0 saturated carbocycles. The second kappa shape index (κ2) is 20.4. The first-order valence-electron chi connectivity index (χ1n) is 18.0. The summed E-state index contributed by atoms with van der Waals surface area (Å²) in [7, 11) is 0. The molecule has 51 heavy (non-hydrogen) atoms. The van der Waals surface area contributed by atoms with E-state index in [2.05, 4.69) is 69.5 Å². The van der Waals surface area contributed by atoms with Gasteiger partial charge >= 0.3 is 11.9 Å². The van der Waals surface area contributed by atoms with Crippen LogP contribution >= 0.6 is 0 Å². The van der Waals surface area contributed by atoms with Crippen LogP contribution in [-0.2, 0) is 38.3 Å². The largest absolute Gasteiger partial charge is 0.490 e. The number of ether oxygens (including phenoxy) is 4. The van der Waals surface area contributed by atoms with E-state index in [4.69, 9.17) is 18.9 Å². The molecule has 0 fully saturated rings. The number of hydrogen-bond acceptors (Lipinski definition) is 8. The summed E-state index contributed by atoms with van der Waals surface area (Å²) in [5, 5.41) is 20.0. The second-order valence-electron chi connectivity index (χ2n) is 13.5. The van der Waals surface area contributed by atoms with Gasteiger partial charge in [-0.3, -0.25) is 0 Å². The summed E-state index contributed by atoms with van der Waals surface area (Å²) < 4.78 is 23.1. The Morgan fingerprint density at radius 2 is 1.27 bits per heavy atom. The van der Waals surface area contributed by atoms with E-state index in [0.717, 1.165) is 46.2 Å². The summed E-state index contributed by atoms with van der Waals surface area (Å²) in [6.07, 6.45) is 6.41. The van der Waals surface area contributed by atoms with E-state index in [1.807, 2.05) is 19.1 Å². The van der Waals surface area contributed by atoms with Crippen molar-refractivity contribution in [3.63, 3.8) is 0 Å². The van der Waals surface area contributed by atoms with Gasteiger partial charge < -0.3 is 29.2 Å².